The lowest BCUT2D eigenvalue weighted by molar-refractivity contribution is -0.132. The van der Waals surface area contributed by atoms with Crippen LogP contribution >= 0.6 is 0 Å². The van der Waals surface area contributed by atoms with E-state index in [2.05, 4.69) is 5.10 Å². The summed E-state index contributed by atoms with van der Waals surface area (Å²) in [5, 5.41) is 24.6. The highest BCUT2D eigenvalue weighted by molar-refractivity contribution is 6.05. The van der Waals surface area contributed by atoms with E-state index in [-0.39, 0.29) is 12.5 Å². The zero-order valence-electron chi connectivity index (χ0n) is 14.6. The van der Waals surface area contributed by atoms with Crippen molar-refractivity contribution < 1.29 is 29.3 Å². The van der Waals surface area contributed by atoms with Crippen molar-refractivity contribution in [1.29, 1.82) is 0 Å². The maximum absolute atomic E-state index is 12.6. The molecule has 0 saturated carbocycles. The average Bonchev–Trinajstić information content (AvgIpc) is 3.33. The van der Waals surface area contributed by atoms with Gasteiger partial charge in [0.05, 0.1) is 11.8 Å². The number of aromatic hydroxyl groups is 1. The van der Waals surface area contributed by atoms with Gasteiger partial charge in [0.25, 0.3) is 5.91 Å². The smallest absolute Gasteiger partial charge is 0.328 e. The zero-order valence-corrected chi connectivity index (χ0v) is 14.6. The van der Waals surface area contributed by atoms with Gasteiger partial charge in [-0.1, -0.05) is 18.2 Å². The Balaban J connectivity index is 1.70. The van der Waals surface area contributed by atoms with Gasteiger partial charge in [-0.05, 0) is 24.3 Å². The quantitative estimate of drug-likeness (QED) is 0.789. The summed E-state index contributed by atoms with van der Waals surface area (Å²) < 4.78 is 10.7. The van der Waals surface area contributed by atoms with Crippen molar-refractivity contribution >= 4 is 17.6 Å². The van der Waals surface area contributed by atoms with Crippen molar-refractivity contribution in [1.82, 2.24) is 5.01 Å². The van der Waals surface area contributed by atoms with E-state index in [9.17, 15) is 14.7 Å². The molecule has 2 aliphatic rings. The largest absolute Gasteiger partial charge is 0.508 e. The first kappa shape index (κ1) is 17.6. The molecule has 2 N–H and O–H groups in total. The van der Waals surface area contributed by atoms with E-state index in [1.54, 1.807) is 30.3 Å². The molecule has 1 atom stereocenters. The van der Waals surface area contributed by atoms with Crippen molar-refractivity contribution in [2.24, 2.45) is 5.10 Å². The first-order valence-corrected chi connectivity index (χ1v) is 8.52. The standard InChI is InChI=1S/C20H16N2O6/c23-16-4-2-1-3-13(16)15-10-14(21-22(15)19(24)7-8-20(25)26)12-5-6-17-18(9-12)28-11-27-17/h1-9,15,23H,10-11H2,(H,25,26)/b8-7-. The molecule has 4 rings (SSSR count). The Bertz CT molecular complexity index is 1010. The highest BCUT2D eigenvalue weighted by Crippen LogP contribution is 2.39. The SMILES string of the molecule is O=C(O)/C=C\C(=O)N1N=C(c2ccc3c(c2)OCO3)CC1c1ccccc1O. The number of carbonyl (C=O) groups excluding carboxylic acids is 1. The van der Waals surface area contributed by atoms with Gasteiger partial charge >= 0.3 is 5.97 Å². The number of amides is 1. The zero-order chi connectivity index (χ0) is 19.7. The van der Waals surface area contributed by atoms with Crippen LogP contribution in [0.5, 0.6) is 17.2 Å². The molecule has 0 spiro atoms. The number of nitrogens with zero attached hydrogens (tertiary/aromatic N) is 2. The van der Waals surface area contributed by atoms with Crippen LogP contribution in [-0.2, 0) is 9.59 Å². The fraction of sp³-hybridized carbons (Fsp3) is 0.150. The Kier molecular flexibility index (Phi) is 4.44. The number of benzene rings is 2. The van der Waals surface area contributed by atoms with Gasteiger partial charge in [0, 0.05) is 29.7 Å². The van der Waals surface area contributed by atoms with Gasteiger partial charge in [-0.3, -0.25) is 4.79 Å². The number of carbonyl (C=O) groups is 2. The van der Waals surface area contributed by atoms with Crippen molar-refractivity contribution in [2.45, 2.75) is 12.5 Å². The van der Waals surface area contributed by atoms with Crippen LogP contribution in [0, 0.1) is 0 Å². The topological polar surface area (TPSA) is 109 Å². The van der Waals surface area contributed by atoms with Crippen molar-refractivity contribution in [3.05, 3.63) is 65.7 Å². The molecule has 8 nitrogen and oxygen atoms in total. The number of hydrogen-bond donors (Lipinski definition) is 2. The van der Waals surface area contributed by atoms with Crippen molar-refractivity contribution in [3.63, 3.8) is 0 Å². The third-order valence-corrected chi connectivity index (χ3v) is 4.51. The number of aliphatic carboxylic acids is 1. The van der Waals surface area contributed by atoms with Gasteiger partial charge in [0.2, 0.25) is 6.79 Å². The van der Waals surface area contributed by atoms with Crippen LogP contribution in [0.3, 0.4) is 0 Å². The Morgan fingerprint density at radius 3 is 2.68 bits per heavy atom. The molecule has 2 aliphatic heterocycles. The number of carboxylic acids is 1. The van der Waals surface area contributed by atoms with Gasteiger partial charge in [-0.25, -0.2) is 9.80 Å². The van der Waals surface area contributed by atoms with Crippen LogP contribution in [0.25, 0.3) is 0 Å². The molecule has 0 aliphatic carbocycles. The van der Waals surface area contributed by atoms with Crippen LogP contribution in [0.4, 0.5) is 0 Å². The molecule has 0 radical (unpaired) electrons. The Labute approximate surface area is 159 Å². The molecule has 0 bridgehead atoms. The lowest BCUT2D eigenvalue weighted by atomic mass is 9.97. The van der Waals surface area contributed by atoms with E-state index in [1.165, 1.54) is 11.1 Å². The monoisotopic (exact) mass is 380 g/mol. The van der Waals surface area contributed by atoms with Crippen molar-refractivity contribution in [2.75, 3.05) is 6.79 Å². The summed E-state index contributed by atoms with van der Waals surface area (Å²) in [7, 11) is 0. The van der Waals surface area contributed by atoms with Crippen LogP contribution in [0.15, 0.2) is 59.7 Å². The lowest BCUT2D eigenvalue weighted by Gasteiger charge is -2.21. The summed E-state index contributed by atoms with van der Waals surface area (Å²) in [5.74, 6) is -0.556. The fourth-order valence-electron chi connectivity index (χ4n) is 3.19. The van der Waals surface area contributed by atoms with Crippen LogP contribution in [0.2, 0.25) is 0 Å². The van der Waals surface area contributed by atoms with Gasteiger partial charge in [0.1, 0.15) is 5.75 Å². The number of ether oxygens (including phenoxy) is 2. The molecular formula is C20H16N2O6. The van der Waals surface area contributed by atoms with E-state index in [4.69, 9.17) is 14.6 Å². The first-order chi connectivity index (χ1) is 13.5. The van der Waals surface area contributed by atoms with Crippen LogP contribution < -0.4 is 9.47 Å². The summed E-state index contributed by atoms with van der Waals surface area (Å²) in [6.45, 7) is 0.149. The Morgan fingerprint density at radius 1 is 1.11 bits per heavy atom. The molecule has 2 aromatic rings. The summed E-state index contributed by atoms with van der Waals surface area (Å²) in [6, 6.07) is 11.5. The molecule has 2 heterocycles. The molecule has 1 unspecified atom stereocenters. The third-order valence-electron chi connectivity index (χ3n) is 4.51. The van der Waals surface area contributed by atoms with Gasteiger partial charge in [-0.2, -0.15) is 5.10 Å². The molecule has 2 aromatic carbocycles. The second kappa shape index (κ2) is 7.07. The van der Waals surface area contributed by atoms with Gasteiger partial charge < -0.3 is 19.7 Å². The molecule has 28 heavy (non-hydrogen) atoms. The number of para-hydroxylation sites is 1. The third kappa shape index (κ3) is 3.27. The van der Waals surface area contributed by atoms with E-state index < -0.39 is 17.9 Å². The second-order valence-electron chi connectivity index (χ2n) is 6.25. The predicted octanol–water partition coefficient (Wildman–Crippen LogP) is 2.44. The fourth-order valence-corrected chi connectivity index (χ4v) is 3.19. The molecule has 0 aromatic heterocycles. The summed E-state index contributed by atoms with van der Waals surface area (Å²) in [5.41, 5.74) is 1.89. The minimum Gasteiger partial charge on any atom is -0.508 e. The number of phenols is 1. The number of hydrazone groups is 1. The summed E-state index contributed by atoms with van der Waals surface area (Å²) in [6.07, 6.45) is 2.06. The van der Waals surface area contributed by atoms with Crippen LogP contribution in [0.1, 0.15) is 23.6 Å². The van der Waals surface area contributed by atoms with E-state index >= 15 is 0 Å². The highest BCUT2D eigenvalue weighted by Gasteiger charge is 2.34. The van der Waals surface area contributed by atoms with E-state index in [0.29, 0.717) is 29.2 Å². The Hall–Kier alpha value is -3.81. The average molecular weight is 380 g/mol. The normalized spacial score (nSPS) is 17.8. The minimum atomic E-state index is -1.23. The molecule has 0 fully saturated rings. The van der Waals surface area contributed by atoms with Gasteiger partial charge in [0.15, 0.2) is 11.5 Å². The Morgan fingerprint density at radius 2 is 1.89 bits per heavy atom. The number of phenolic OH excluding ortho intramolecular Hbond substituents is 1. The molecule has 8 heteroatoms. The van der Waals surface area contributed by atoms with Crippen molar-refractivity contribution in [3.8, 4) is 17.2 Å². The second-order valence-corrected chi connectivity index (χ2v) is 6.25. The summed E-state index contributed by atoms with van der Waals surface area (Å²) >= 11 is 0. The molecular weight excluding hydrogens is 364 g/mol. The first-order valence-electron chi connectivity index (χ1n) is 8.52. The number of fused-ring (bicyclic) bond motifs is 1. The predicted molar refractivity (Wildman–Crippen MR) is 98.2 cm³/mol. The van der Waals surface area contributed by atoms with Crippen LogP contribution in [-0.4, -0.2) is 39.6 Å². The molecule has 0 saturated heterocycles. The van der Waals surface area contributed by atoms with E-state index in [0.717, 1.165) is 17.7 Å². The number of rotatable bonds is 4. The molecule has 142 valence electrons. The highest BCUT2D eigenvalue weighted by atomic mass is 16.7. The maximum atomic E-state index is 12.6. The minimum absolute atomic E-state index is 0.0367. The number of carboxylic acid groups (broad SMARTS) is 1. The van der Waals surface area contributed by atoms with Gasteiger partial charge in [-0.15, -0.1) is 0 Å². The molecule has 1 amide bonds. The maximum Gasteiger partial charge on any atom is 0.328 e. The lowest BCUT2D eigenvalue weighted by Crippen LogP contribution is -2.25. The summed E-state index contributed by atoms with van der Waals surface area (Å²) in [4.78, 5) is 23.3. The van der Waals surface area contributed by atoms with E-state index in [1.807, 2.05) is 6.07 Å². The number of hydrogen-bond acceptors (Lipinski definition) is 6.